The van der Waals surface area contributed by atoms with E-state index in [1.807, 2.05) is 0 Å². The van der Waals surface area contributed by atoms with Crippen molar-refractivity contribution in [2.75, 3.05) is 0 Å². The van der Waals surface area contributed by atoms with E-state index in [9.17, 15) is 0 Å². The summed E-state index contributed by atoms with van der Waals surface area (Å²) in [6, 6.07) is 0. The minimum Gasteiger partial charge on any atom is -0.542 e. The molecule has 0 rings (SSSR count). The molecule has 0 heterocycles. The van der Waals surface area contributed by atoms with Crippen molar-refractivity contribution in [2.45, 2.75) is 6.92 Å². The fourth-order valence-electron chi connectivity index (χ4n) is 0. The maximum atomic E-state index is 8.68. The topological polar surface area (TPSA) is 17.1 Å². The molecule has 0 aromatic carbocycles. The molecule has 0 aliphatic rings. The van der Waals surface area contributed by atoms with E-state index in [0.29, 0.717) is 0 Å². The molecular formula is C2H3AuO. The summed E-state index contributed by atoms with van der Waals surface area (Å²) in [6.07, 6.45) is 1.50. The average Bonchev–Trinajstić information content (AvgIpc) is 0.918. The van der Waals surface area contributed by atoms with Gasteiger partial charge in [0, 0.05) is 0 Å². The van der Waals surface area contributed by atoms with Crippen LogP contribution in [0.3, 0.4) is 0 Å². The molecule has 0 aromatic heterocycles. The summed E-state index contributed by atoms with van der Waals surface area (Å²) >= 11 is 0. The van der Waals surface area contributed by atoms with Crippen LogP contribution in [-0.2, 0) is 27.2 Å². The molecule has 0 aliphatic carbocycles. The molecule has 0 unspecified atom stereocenters. The fraction of sp³-hybridized carbons (Fsp3) is 0.500. The molecule has 0 bridgehead atoms. The molecule has 2 heteroatoms. The van der Waals surface area contributed by atoms with Crippen molar-refractivity contribution >= 4 is 6.29 Å². The Morgan fingerprint density at radius 1 is 1.75 bits per heavy atom. The Morgan fingerprint density at radius 3 is 1.75 bits per heavy atom. The van der Waals surface area contributed by atoms with Gasteiger partial charge in [-0.15, -0.1) is 0 Å². The Morgan fingerprint density at radius 2 is 1.75 bits per heavy atom. The van der Waals surface area contributed by atoms with Gasteiger partial charge >= 0.3 is 22.4 Å². The molecule has 0 aliphatic heterocycles. The van der Waals surface area contributed by atoms with E-state index >= 15 is 0 Å². The van der Waals surface area contributed by atoms with Crippen LogP contribution in [-0.4, -0.2) is 6.29 Å². The first kappa shape index (κ1) is 8.83. The van der Waals surface area contributed by atoms with Gasteiger partial charge in [0.15, 0.2) is 0 Å². The van der Waals surface area contributed by atoms with E-state index in [0.717, 1.165) is 0 Å². The van der Waals surface area contributed by atoms with Crippen LogP contribution in [0.5, 0.6) is 0 Å². The van der Waals surface area contributed by atoms with Crippen LogP contribution < -0.4 is 0 Å². The predicted molar refractivity (Wildman–Crippen MR) is 11.4 cm³/mol. The summed E-state index contributed by atoms with van der Waals surface area (Å²) in [5.41, 5.74) is 0. The number of rotatable bonds is 0. The summed E-state index contributed by atoms with van der Waals surface area (Å²) < 4.78 is 0. The quantitative estimate of drug-likeness (QED) is 0.434. The minimum absolute atomic E-state index is 0. The van der Waals surface area contributed by atoms with Gasteiger partial charge in [-0.25, -0.2) is 0 Å². The molecule has 0 aromatic rings. The van der Waals surface area contributed by atoms with Crippen LogP contribution in [0.15, 0.2) is 0 Å². The second kappa shape index (κ2) is 9.96. The smallest absolute Gasteiger partial charge is 0.542 e. The molecule has 0 radical (unpaired) electrons. The van der Waals surface area contributed by atoms with Crippen LogP contribution in [0.2, 0.25) is 0 Å². The van der Waals surface area contributed by atoms with E-state index in [1.165, 1.54) is 13.2 Å². The Balaban J connectivity index is 0. The van der Waals surface area contributed by atoms with Crippen molar-refractivity contribution in [1.29, 1.82) is 0 Å². The molecule has 0 atom stereocenters. The summed E-state index contributed by atoms with van der Waals surface area (Å²) in [6.45, 7) is 1.32. The van der Waals surface area contributed by atoms with Gasteiger partial charge in [0.1, 0.15) is 0 Å². The van der Waals surface area contributed by atoms with Crippen molar-refractivity contribution in [3.8, 4) is 0 Å². The molecule has 0 fully saturated rings. The molecule has 0 spiro atoms. The molecule has 0 amide bonds. The standard InChI is InChI=1S/C2H3O.Au/c1-2-3;/h1H3;/q-1;+1. The maximum Gasteiger partial charge on any atom is 1.00 e. The molecule has 0 N–H and O–H groups in total. The van der Waals surface area contributed by atoms with Crippen LogP contribution in [0.1, 0.15) is 6.92 Å². The molecule has 4 heavy (non-hydrogen) atoms. The maximum absolute atomic E-state index is 8.68. The second-order valence-electron chi connectivity index (χ2n) is 0.204. The number of carbonyl (C=O) groups excluding carboxylic acids is 1. The Labute approximate surface area is 40.9 Å². The summed E-state index contributed by atoms with van der Waals surface area (Å²) in [5, 5.41) is 0. The molecule has 0 saturated carbocycles. The van der Waals surface area contributed by atoms with Crippen molar-refractivity contribution < 1.29 is 27.2 Å². The van der Waals surface area contributed by atoms with Crippen LogP contribution >= 0.6 is 0 Å². The van der Waals surface area contributed by atoms with Crippen molar-refractivity contribution in [3.05, 3.63) is 0 Å². The van der Waals surface area contributed by atoms with Crippen molar-refractivity contribution in [3.63, 3.8) is 0 Å². The van der Waals surface area contributed by atoms with Crippen LogP contribution in [0, 0.1) is 0 Å². The second-order valence-corrected chi connectivity index (χ2v) is 0.204. The predicted octanol–water partition coefficient (Wildman–Crippen LogP) is 0.113. The first-order valence-corrected chi connectivity index (χ1v) is 0.704. The minimum atomic E-state index is 0. The van der Waals surface area contributed by atoms with E-state index in [2.05, 4.69) is 0 Å². The molecular weight excluding hydrogens is 237 g/mol. The van der Waals surface area contributed by atoms with Crippen LogP contribution in [0.25, 0.3) is 0 Å². The van der Waals surface area contributed by atoms with Crippen LogP contribution in [0.4, 0.5) is 0 Å². The Hall–Kier alpha value is 0.410. The number of hydrogen-bond donors (Lipinski definition) is 0. The number of hydrogen-bond acceptors (Lipinski definition) is 1. The monoisotopic (exact) mass is 240 g/mol. The summed E-state index contributed by atoms with van der Waals surface area (Å²) in [5.74, 6) is 0. The summed E-state index contributed by atoms with van der Waals surface area (Å²) in [4.78, 5) is 8.68. The van der Waals surface area contributed by atoms with E-state index < -0.39 is 0 Å². The largest absolute Gasteiger partial charge is 1.00 e. The van der Waals surface area contributed by atoms with Gasteiger partial charge in [0.25, 0.3) is 0 Å². The SMILES string of the molecule is C[C-]=O.[Au+]. The Bertz CT molecular complexity index is 13.5. The fourth-order valence-corrected chi connectivity index (χ4v) is 0. The first-order chi connectivity index (χ1) is 1.41. The average molecular weight is 240 g/mol. The van der Waals surface area contributed by atoms with Gasteiger partial charge in [-0.1, -0.05) is 0 Å². The van der Waals surface area contributed by atoms with Gasteiger partial charge in [0.2, 0.25) is 0 Å². The van der Waals surface area contributed by atoms with Crippen molar-refractivity contribution in [2.24, 2.45) is 0 Å². The Kier molecular flexibility index (Phi) is 22.0. The van der Waals surface area contributed by atoms with E-state index in [4.69, 9.17) is 4.79 Å². The van der Waals surface area contributed by atoms with Gasteiger partial charge in [0.05, 0.1) is 0 Å². The zero-order chi connectivity index (χ0) is 2.71. The van der Waals surface area contributed by atoms with E-state index in [-0.39, 0.29) is 22.4 Å². The van der Waals surface area contributed by atoms with Gasteiger partial charge in [-0.3, -0.25) is 6.29 Å². The third-order valence-corrected chi connectivity index (χ3v) is 0. The van der Waals surface area contributed by atoms with Gasteiger partial charge in [-0.05, 0) is 0 Å². The van der Waals surface area contributed by atoms with Gasteiger partial charge < -0.3 is 4.79 Å². The third-order valence-electron chi connectivity index (χ3n) is 0. The molecule has 0 saturated heterocycles. The first-order valence-electron chi connectivity index (χ1n) is 0.704. The third kappa shape index (κ3) is 28.5. The molecule has 1 nitrogen and oxygen atoms in total. The van der Waals surface area contributed by atoms with Gasteiger partial charge in [-0.2, -0.15) is 6.92 Å². The zero-order valence-electron chi connectivity index (χ0n) is 2.21. The zero-order valence-corrected chi connectivity index (χ0v) is 4.38. The van der Waals surface area contributed by atoms with E-state index in [1.54, 1.807) is 0 Å². The normalized spacial score (nSPS) is 3.25. The van der Waals surface area contributed by atoms with Crippen molar-refractivity contribution in [1.82, 2.24) is 0 Å². The molecule has 28 valence electrons. The summed E-state index contributed by atoms with van der Waals surface area (Å²) in [7, 11) is 0.